The van der Waals surface area contributed by atoms with E-state index in [1.807, 2.05) is 25.7 Å². The molecule has 2 heterocycles. The van der Waals surface area contributed by atoms with E-state index in [-0.39, 0.29) is 6.09 Å². The van der Waals surface area contributed by atoms with E-state index in [1.165, 1.54) is 17.9 Å². The van der Waals surface area contributed by atoms with Crippen LogP contribution in [0.25, 0.3) is 0 Å². The third kappa shape index (κ3) is 5.65. The van der Waals surface area contributed by atoms with Gasteiger partial charge in [-0.3, -0.25) is 0 Å². The van der Waals surface area contributed by atoms with Gasteiger partial charge in [-0.25, -0.2) is 4.79 Å². The Labute approximate surface area is 139 Å². The summed E-state index contributed by atoms with van der Waals surface area (Å²) < 4.78 is 5.45. The average Bonchev–Trinajstić information content (AvgIpc) is 2.82. The van der Waals surface area contributed by atoms with E-state index in [2.05, 4.69) is 30.9 Å². The van der Waals surface area contributed by atoms with Gasteiger partial charge in [0.25, 0.3) is 0 Å². The maximum atomic E-state index is 12.1. The fourth-order valence-electron chi connectivity index (χ4n) is 3.22. The molecule has 0 aliphatic carbocycles. The lowest BCUT2D eigenvalue weighted by Crippen LogP contribution is -2.42. The van der Waals surface area contributed by atoms with Gasteiger partial charge < -0.3 is 15.0 Å². The van der Waals surface area contributed by atoms with Gasteiger partial charge in [0.2, 0.25) is 0 Å². The number of thioether (sulfide) groups is 1. The first kappa shape index (κ1) is 17.9. The van der Waals surface area contributed by atoms with Crippen molar-refractivity contribution >= 4 is 17.9 Å². The highest BCUT2D eigenvalue weighted by Gasteiger charge is 2.32. The summed E-state index contributed by atoms with van der Waals surface area (Å²) >= 11 is 2.06. The number of amides is 1. The number of rotatable bonds is 3. The Morgan fingerprint density at radius 3 is 2.77 bits per heavy atom. The number of nitrogens with zero attached hydrogens (tertiary/aromatic N) is 1. The third-order valence-electron chi connectivity index (χ3n) is 4.24. The molecule has 1 N–H and O–H groups in total. The summed E-state index contributed by atoms with van der Waals surface area (Å²) in [4.78, 5) is 13.9. The van der Waals surface area contributed by atoms with Crippen molar-refractivity contribution in [3.8, 4) is 0 Å². The Kier molecular flexibility index (Phi) is 5.70. The molecule has 5 heteroatoms. The molecule has 4 nitrogen and oxygen atoms in total. The first-order chi connectivity index (χ1) is 10.1. The number of likely N-dealkylation sites (tertiary alicyclic amines) is 1. The van der Waals surface area contributed by atoms with Crippen molar-refractivity contribution in [1.29, 1.82) is 0 Å². The van der Waals surface area contributed by atoms with Crippen LogP contribution in [-0.4, -0.2) is 53.8 Å². The van der Waals surface area contributed by atoms with Crippen LogP contribution in [-0.2, 0) is 4.74 Å². The summed E-state index contributed by atoms with van der Waals surface area (Å²) in [7, 11) is 0. The van der Waals surface area contributed by atoms with Crippen LogP contribution in [0.3, 0.4) is 0 Å². The predicted octanol–water partition coefficient (Wildman–Crippen LogP) is 3.36. The SMILES string of the molecule is CC1(C)CSCC(NCC2CCN(C(=O)OC(C)(C)C)C2)C1. The van der Waals surface area contributed by atoms with Gasteiger partial charge in [0.05, 0.1) is 0 Å². The lowest BCUT2D eigenvalue weighted by Gasteiger charge is -2.35. The molecule has 0 radical (unpaired) electrons. The van der Waals surface area contributed by atoms with E-state index in [0.717, 1.165) is 26.1 Å². The van der Waals surface area contributed by atoms with Crippen LogP contribution in [0.5, 0.6) is 0 Å². The molecule has 0 aromatic carbocycles. The second kappa shape index (κ2) is 7.00. The molecule has 0 aromatic rings. The second-order valence-corrected chi connectivity index (χ2v) is 9.60. The van der Waals surface area contributed by atoms with Crippen LogP contribution < -0.4 is 5.32 Å². The summed E-state index contributed by atoms with van der Waals surface area (Å²) in [5.41, 5.74) is 0.0388. The zero-order valence-electron chi connectivity index (χ0n) is 14.8. The van der Waals surface area contributed by atoms with Crippen molar-refractivity contribution in [2.45, 2.75) is 59.1 Å². The van der Waals surface area contributed by atoms with Crippen molar-refractivity contribution in [1.82, 2.24) is 10.2 Å². The molecule has 0 bridgehead atoms. The van der Waals surface area contributed by atoms with Crippen molar-refractivity contribution in [3.63, 3.8) is 0 Å². The van der Waals surface area contributed by atoms with Crippen LogP contribution in [0.15, 0.2) is 0 Å². The van der Waals surface area contributed by atoms with Gasteiger partial charge in [0, 0.05) is 31.4 Å². The maximum absolute atomic E-state index is 12.1. The number of ether oxygens (including phenoxy) is 1. The highest BCUT2D eigenvalue weighted by Crippen LogP contribution is 2.33. The van der Waals surface area contributed by atoms with E-state index in [0.29, 0.717) is 17.4 Å². The van der Waals surface area contributed by atoms with Crippen LogP contribution in [0, 0.1) is 11.3 Å². The zero-order chi connectivity index (χ0) is 16.4. The minimum atomic E-state index is -0.404. The van der Waals surface area contributed by atoms with Crippen molar-refractivity contribution < 1.29 is 9.53 Å². The fraction of sp³-hybridized carbons (Fsp3) is 0.941. The van der Waals surface area contributed by atoms with Crippen LogP contribution in [0.4, 0.5) is 4.79 Å². The Morgan fingerprint density at radius 1 is 1.41 bits per heavy atom. The van der Waals surface area contributed by atoms with Gasteiger partial charge >= 0.3 is 6.09 Å². The minimum absolute atomic E-state index is 0.163. The summed E-state index contributed by atoms with van der Waals surface area (Å²) in [5.74, 6) is 3.04. The van der Waals surface area contributed by atoms with Gasteiger partial charge in [0.1, 0.15) is 5.60 Å². The second-order valence-electron chi connectivity index (χ2n) is 8.57. The first-order valence-electron chi connectivity index (χ1n) is 8.44. The van der Waals surface area contributed by atoms with Crippen LogP contribution >= 0.6 is 11.8 Å². The Morgan fingerprint density at radius 2 is 2.14 bits per heavy atom. The molecule has 0 spiro atoms. The average molecular weight is 329 g/mol. The summed E-state index contributed by atoms with van der Waals surface area (Å²) in [5, 5.41) is 3.73. The largest absolute Gasteiger partial charge is 0.444 e. The molecule has 2 aliphatic heterocycles. The van der Waals surface area contributed by atoms with E-state index in [1.54, 1.807) is 0 Å². The van der Waals surface area contributed by atoms with Gasteiger partial charge in [-0.05, 0) is 50.7 Å². The number of nitrogens with one attached hydrogen (secondary N) is 1. The number of hydrogen-bond donors (Lipinski definition) is 1. The molecule has 1 amide bonds. The maximum Gasteiger partial charge on any atom is 0.410 e. The van der Waals surface area contributed by atoms with Crippen molar-refractivity contribution in [2.24, 2.45) is 11.3 Å². The van der Waals surface area contributed by atoms with Gasteiger partial charge in [-0.2, -0.15) is 11.8 Å². The quantitative estimate of drug-likeness (QED) is 0.862. The molecular weight excluding hydrogens is 296 g/mol. The van der Waals surface area contributed by atoms with E-state index >= 15 is 0 Å². The standard InChI is InChI=1S/C17H32N2O2S/c1-16(2,3)21-15(20)19-7-6-13(10-19)9-18-14-8-17(4,5)12-22-11-14/h13-14,18H,6-12H2,1-5H3. The van der Waals surface area contributed by atoms with Crippen molar-refractivity contribution in [3.05, 3.63) is 0 Å². The number of carbonyl (C=O) groups excluding carboxylic acids is 1. The zero-order valence-corrected chi connectivity index (χ0v) is 15.6. The van der Waals surface area contributed by atoms with Crippen LogP contribution in [0.2, 0.25) is 0 Å². The van der Waals surface area contributed by atoms with E-state index in [4.69, 9.17) is 4.74 Å². The third-order valence-corrected chi connectivity index (χ3v) is 5.87. The summed E-state index contributed by atoms with van der Waals surface area (Å²) in [6.07, 6.45) is 2.17. The molecule has 2 saturated heterocycles. The van der Waals surface area contributed by atoms with E-state index < -0.39 is 5.60 Å². The lowest BCUT2D eigenvalue weighted by atomic mass is 9.87. The molecule has 22 heavy (non-hydrogen) atoms. The van der Waals surface area contributed by atoms with Gasteiger partial charge in [0.15, 0.2) is 0 Å². The van der Waals surface area contributed by atoms with Crippen LogP contribution in [0.1, 0.15) is 47.5 Å². The Balaban J connectivity index is 1.71. The fourth-order valence-corrected chi connectivity index (χ4v) is 4.53. The Hall–Kier alpha value is -0.420. The minimum Gasteiger partial charge on any atom is -0.444 e. The first-order valence-corrected chi connectivity index (χ1v) is 9.59. The molecule has 128 valence electrons. The molecule has 0 saturated carbocycles. The highest BCUT2D eigenvalue weighted by atomic mass is 32.2. The monoisotopic (exact) mass is 328 g/mol. The Bertz CT molecular complexity index is 393. The smallest absolute Gasteiger partial charge is 0.410 e. The molecular formula is C17H32N2O2S. The molecule has 2 rings (SSSR count). The number of hydrogen-bond acceptors (Lipinski definition) is 4. The molecule has 2 aliphatic rings. The number of carbonyl (C=O) groups is 1. The predicted molar refractivity (Wildman–Crippen MR) is 93.4 cm³/mol. The topological polar surface area (TPSA) is 41.6 Å². The molecule has 0 aromatic heterocycles. The molecule has 2 fully saturated rings. The molecule has 2 atom stereocenters. The van der Waals surface area contributed by atoms with Gasteiger partial charge in [-0.1, -0.05) is 13.8 Å². The van der Waals surface area contributed by atoms with Gasteiger partial charge in [-0.15, -0.1) is 0 Å². The summed E-state index contributed by atoms with van der Waals surface area (Å²) in [6, 6.07) is 0.615. The highest BCUT2D eigenvalue weighted by molar-refractivity contribution is 7.99. The lowest BCUT2D eigenvalue weighted by molar-refractivity contribution is 0.0288. The van der Waals surface area contributed by atoms with Crippen molar-refractivity contribution in [2.75, 3.05) is 31.1 Å². The summed E-state index contributed by atoms with van der Waals surface area (Å²) in [6.45, 7) is 13.1. The normalized spacial score (nSPS) is 28.7. The van der Waals surface area contributed by atoms with E-state index in [9.17, 15) is 4.79 Å². The molecule has 2 unspecified atom stereocenters.